The first-order valence-corrected chi connectivity index (χ1v) is 8.52. The second-order valence-electron chi connectivity index (χ2n) is 7.09. The summed E-state index contributed by atoms with van der Waals surface area (Å²) in [6, 6.07) is 18.0. The van der Waals surface area contributed by atoms with Crippen LogP contribution in [0.4, 0.5) is 4.79 Å². The number of hydrogen-bond acceptors (Lipinski definition) is 3. The smallest absolute Gasteiger partial charge is 0.407 e. The van der Waals surface area contributed by atoms with Crippen LogP contribution < -0.4 is 10.1 Å². The number of hydrogen-bond donors (Lipinski definition) is 1. The minimum Gasteiger partial charge on any atom is -0.497 e. The Hall–Kier alpha value is -2.49. The molecule has 1 amide bonds. The van der Waals surface area contributed by atoms with Gasteiger partial charge in [-0.1, -0.05) is 42.5 Å². The Morgan fingerprint density at radius 1 is 0.960 bits per heavy atom. The Morgan fingerprint density at radius 3 is 2.04 bits per heavy atom. The summed E-state index contributed by atoms with van der Waals surface area (Å²) in [5.41, 5.74) is 1.80. The lowest BCUT2D eigenvalue weighted by molar-refractivity contribution is 0.0504. The van der Waals surface area contributed by atoms with E-state index in [0.29, 0.717) is 0 Å². The maximum absolute atomic E-state index is 12.2. The third-order valence-corrected chi connectivity index (χ3v) is 3.69. The highest BCUT2D eigenvalue weighted by Gasteiger charge is 2.20. The largest absolute Gasteiger partial charge is 0.497 e. The van der Waals surface area contributed by atoms with Crippen molar-refractivity contribution in [2.24, 2.45) is 0 Å². The molecule has 1 atom stereocenters. The second kappa shape index (κ2) is 8.56. The summed E-state index contributed by atoms with van der Waals surface area (Å²) in [6.07, 6.45) is 1.08. The monoisotopic (exact) mass is 341 g/mol. The van der Waals surface area contributed by atoms with E-state index in [9.17, 15) is 4.79 Å². The average molecular weight is 341 g/mol. The van der Waals surface area contributed by atoms with Crippen LogP contribution in [0.15, 0.2) is 54.6 Å². The number of carbonyl (C=O) groups is 1. The first kappa shape index (κ1) is 18.8. The Bertz CT molecular complexity index is 660. The van der Waals surface area contributed by atoms with Crippen molar-refractivity contribution in [3.63, 3.8) is 0 Å². The maximum atomic E-state index is 12.2. The summed E-state index contributed by atoms with van der Waals surface area (Å²) < 4.78 is 10.6. The van der Waals surface area contributed by atoms with Gasteiger partial charge in [-0.2, -0.15) is 0 Å². The van der Waals surface area contributed by atoms with E-state index < -0.39 is 5.60 Å². The zero-order valence-electron chi connectivity index (χ0n) is 15.4. The van der Waals surface area contributed by atoms with Crippen molar-refractivity contribution < 1.29 is 14.3 Å². The van der Waals surface area contributed by atoms with Crippen molar-refractivity contribution in [3.05, 3.63) is 65.7 Å². The van der Waals surface area contributed by atoms with Gasteiger partial charge in [0.25, 0.3) is 0 Å². The molecule has 1 N–H and O–H groups in total. The number of ether oxygens (including phenoxy) is 2. The van der Waals surface area contributed by atoms with Crippen LogP contribution in [-0.2, 0) is 17.6 Å². The normalized spacial score (nSPS) is 12.3. The third kappa shape index (κ3) is 6.87. The molecule has 0 heterocycles. The number of rotatable bonds is 6. The molecule has 2 aromatic rings. The van der Waals surface area contributed by atoms with Gasteiger partial charge in [-0.25, -0.2) is 4.79 Å². The topological polar surface area (TPSA) is 47.6 Å². The van der Waals surface area contributed by atoms with E-state index in [-0.39, 0.29) is 12.1 Å². The van der Waals surface area contributed by atoms with Gasteiger partial charge >= 0.3 is 6.09 Å². The van der Waals surface area contributed by atoms with Gasteiger partial charge in [0.15, 0.2) is 0 Å². The molecule has 4 heteroatoms. The molecular formula is C21H27NO3. The summed E-state index contributed by atoms with van der Waals surface area (Å²) in [5, 5.41) is 3.01. The summed E-state index contributed by atoms with van der Waals surface area (Å²) in [6.45, 7) is 5.59. The number of carbonyl (C=O) groups excluding carboxylic acids is 1. The van der Waals surface area contributed by atoms with E-state index in [0.717, 1.165) is 24.2 Å². The fourth-order valence-corrected chi connectivity index (χ4v) is 2.59. The molecule has 4 nitrogen and oxygen atoms in total. The van der Waals surface area contributed by atoms with Crippen LogP contribution in [0.3, 0.4) is 0 Å². The van der Waals surface area contributed by atoms with Crippen molar-refractivity contribution in [1.82, 2.24) is 5.32 Å². The molecule has 0 saturated carbocycles. The Morgan fingerprint density at radius 2 is 1.52 bits per heavy atom. The lowest BCUT2D eigenvalue weighted by Gasteiger charge is -2.24. The Balaban J connectivity index is 2.08. The van der Waals surface area contributed by atoms with Crippen molar-refractivity contribution >= 4 is 6.09 Å². The molecule has 0 spiro atoms. The second-order valence-corrected chi connectivity index (χ2v) is 7.09. The summed E-state index contributed by atoms with van der Waals surface area (Å²) in [4.78, 5) is 12.2. The highest BCUT2D eigenvalue weighted by atomic mass is 16.6. The van der Waals surface area contributed by atoms with Crippen molar-refractivity contribution in [2.75, 3.05) is 7.11 Å². The van der Waals surface area contributed by atoms with Gasteiger partial charge in [-0.15, -0.1) is 0 Å². The third-order valence-electron chi connectivity index (χ3n) is 3.69. The minimum absolute atomic E-state index is 0.0503. The van der Waals surface area contributed by atoms with E-state index in [1.807, 2.05) is 63.2 Å². The maximum Gasteiger partial charge on any atom is 0.407 e. The molecule has 0 bridgehead atoms. The van der Waals surface area contributed by atoms with Crippen LogP contribution in [0.5, 0.6) is 5.75 Å². The van der Waals surface area contributed by atoms with E-state index >= 15 is 0 Å². The molecule has 0 radical (unpaired) electrons. The highest BCUT2D eigenvalue weighted by Crippen LogP contribution is 2.15. The summed E-state index contributed by atoms with van der Waals surface area (Å²) in [7, 11) is 1.65. The van der Waals surface area contributed by atoms with E-state index in [1.165, 1.54) is 5.56 Å². The van der Waals surface area contributed by atoms with Crippen LogP contribution >= 0.6 is 0 Å². The van der Waals surface area contributed by atoms with Crippen molar-refractivity contribution in [3.8, 4) is 5.75 Å². The fraction of sp³-hybridized carbons (Fsp3) is 0.381. The van der Waals surface area contributed by atoms with Crippen molar-refractivity contribution in [2.45, 2.75) is 45.3 Å². The van der Waals surface area contributed by atoms with E-state index in [1.54, 1.807) is 7.11 Å². The van der Waals surface area contributed by atoms with E-state index in [2.05, 4.69) is 17.4 Å². The van der Waals surface area contributed by atoms with Crippen molar-refractivity contribution in [1.29, 1.82) is 0 Å². The zero-order valence-corrected chi connectivity index (χ0v) is 15.4. The van der Waals surface area contributed by atoms with Gasteiger partial charge in [-0.05, 0) is 56.9 Å². The molecule has 0 fully saturated rings. The van der Waals surface area contributed by atoms with Gasteiger partial charge in [0.2, 0.25) is 0 Å². The van der Waals surface area contributed by atoms with Crippen LogP contribution in [-0.4, -0.2) is 24.8 Å². The van der Waals surface area contributed by atoms with Crippen LogP contribution in [0.1, 0.15) is 31.9 Å². The molecule has 134 valence electrons. The van der Waals surface area contributed by atoms with Gasteiger partial charge in [0.1, 0.15) is 11.4 Å². The lowest BCUT2D eigenvalue weighted by Crippen LogP contribution is -2.41. The van der Waals surface area contributed by atoms with Crippen LogP contribution in [0, 0.1) is 0 Å². The first-order valence-electron chi connectivity index (χ1n) is 8.52. The molecule has 2 aromatic carbocycles. The molecule has 0 saturated heterocycles. The molecule has 0 unspecified atom stereocenters. The number of methoxy groups -OCH3 is 1. The predicted octanol–water partition coefficient (Wildman–Crippen LogP) is 4.37. The highest BCUT2D eigenvalue weighted by molar-refractivity contribution is 5.68. The number of alkyl carbamates (subject to hydrolysis) is 1. The zero-order chi connectivity index (χ0) is 18.3. The Kier molecular flexibility index (Phi) is 6.45. The molecule has 0 aliphatic heterocycles. The van der Waals surface area contributed by atoms with Gasteiger partial charge in [0, 0.05) is 6.04 Å². The Labute approximate surface area is 150 Å². The predicted molar refractivity (Wildman–Crippen MR) is 100 cm³/mol. The molecule has 0 aromatic heterocycles. The van der Waals surface area contributed by atoms with E-state index in [4.69, 9.17) is 9.47 Å². The van der Waals surface area contributed by atoms with Gasteiger partial charge in [-0.3, -0.25) is 0 Å². The molecular weight excluding hydrogens is 314 g/mol. The minimum atomic E-state index is -0.512. The molecule has 0 aliphatic carbocycles. The standard InChI is InChI=1S/C21H27NO3/c1-21(2,3)25-20(23)22-18(14-16-8-6-5-7-9-16)15-17-10-12-19(24-4)13-11-17/h5-13,18H,14-15H2,1-4H3,(H,22,23)/t18-/m0/s1. The SMILES string of the molecule is COc1ccc(C[C@H](Cc2ccccc2)NC(=O)OC(C)(C)C)cc1. The van der Waals surface area contributed by atoms with Crippen LogP contribution in [0.2, 0.25) is 0 Å². The molecule has 2 rings (SSSR count). The lowest BCUT2D eigenvalue weighted by atomic mass is 9.99. The van der Waals surface area contributed by atoms with Gasteiger partial charge < -0.3 is 14.8 Å². The van der Waals surface area contributed by atoms with Crippen LogP contribution in [0.25, 0.3) is 0 Å². The molecule has 0 aliphatic rings. The number of benzene rings is 2. The fourth-order valence-electron chi connectivity index (χ4n) is 2.59. The molecule has 25 heavy (non-hydrogen) atoms. The average Bonchev–Trinajstić information content (AvgIpc) is 2.54. The quantitative estimate of drug-likeness (QED) is 0.848. The number of nitrogens with one attached hydrogen (secondary N) is 1. The summed E-state index contributed by atoms with van der Waals surface area (Å²) >= 11 is 0. The first-order chi connectivity index (χ1) is 11.9. The summed E-state index contributed by atoms with van der Waals surface area (Å²) in [5.74, 6) is 0.823. The van der Waals surface area contributed by atoms with Gasteiger partial charge in [0.05, 0.1) is 7.11 Å². The number of amides is 1.